The van der Waals surface area contributed by atoms with Gasteiger partial charge in [-0.25, -0.2) is 0 Å². The molecule has 0 spiro atoms. The maximum Gasteiger partial charge on any atom is 0.253 e. The first-order valence-corrected chi connectivity index (χ1v) is 7.97. The van der Waals surface area contributed by atoms with Crippen LogP contribution in [0.25, 0.3) is 10.9 Å². The number of aromatic nitrogens is 1. The maximum atomic E-state index is 12.7. The average molecular weight is 311 g/mol. The summed E-state index contributed by atoms with van der Waals surface area (Å²) in [7, 11) is 1.66. The van der Waals surface area contributed by atoms with Gasteiger partial charge in [-0.1, -0.05) is 6.07 Å². The molecule has 2 heterocycles. The van der Waals surface area contributed by atoms with Gasteiger partial charge in [0.1, 0.15) is 0 Å². The molecule has 1 aromatic heterocycles. The fourth-order valence-electron chi connectivity index (χ4n) is 3.09. The minimum absolute atomic E-state index is 0.0211. The van der Waals surface area contributed by atoms with E-state index in [0.717, 1.165) is 29.4 Å². The topological polar surface area (TPSA) is 62.3 Å². The zero-order valence-electron chi connectivity index (χ0n) is 13.5. The Bertz CT molecular complexity index is 749. The minimum atomic E-state index is 0.0211. The largest absolute Gasteiger partial charge is 0.359 e. The molecular formula is C18H21N3O2. The molecule has 5 heteroatoms. The van der Waals surface area contributed by atoms with E-state index in [0.29, 0.717) is 18.7 Å². The number of hydrogen-bond acceptors (Lipinski definition) is 3. The number of benzene rings is 1. The Morgan fingerprint density at radius 3 is 2.61 bits per heavy atom. The number of pyridine rings is 1. The third-order valence-corrected chi connectivity index (χ3v) is 4.47. The second kappa shape index (κ2) is 6.36. The second-order valence-electron chi connectivity index (χ2n) is 6.04. The standard InChI is InChI=1S/C18H21N3O2/c1-12-3-4-14-11-15(5-6-16(14)20-12)18(23)21-9-7-13(8-10-21)17(22)19-2/h3-6,11,13H,7-10H2,1-2H3,(H,19,22). The summed E-state index contributed by atoms with van der Waals surface area (Å²) in [5.74, 6) is 0.125. The van der Waals surface area contributed by atoms with Gasteiger partial charge in [-0.2, -0.15) is 0 Å². The van der Waals surface area contributed by atoms with Crippen LogP contribution in [-0.2, 0) is 4.79 Å². The number of hydrogen-bond donors (Lipinski definition) is 1. The Balaban J connectivity index is 1.74. The number of nitrogens with zero attached hydrogens (tertiary/aromatic N) is 2. The first-order chi connectivity index (χ1) is 11.1. The average Bonchev–Trinajstić information content (AvgIpc) is 2.60. The summed E-state index contributed by atoms with van der Waals surface area (Å²) in [4.78, 5) is 30.6. The molecule has 0 radical (unpaired) electrons. The minimum Gasteiger partial charge on any atom is -0.359 e. The van der Waals surface area contributed by atoms with E-state index in [-0.39, 0.29) is 17.7 Å². The number of amides is 2. The fourth-order valence-corrected chi connectivity index (χ4v) is 3.09. The van der Waals surface area contributed by atoms with E-state index in [4.69, 9.17) is 0 Å². The smallest absolute Gasteiger partial charge is 0.253 e. The predicted octanol–water partition coefficient (Wildman–Crippen LogP) is 2.14. The van der Waals surface area contributed by atoms with Crippen molar-refractivity contribution in [3.63, 3.8) is 0 Å². The monoisotopic (exact) mass is 311 g/mol. The summed E-state index contributed by atoms with van der Waals surface area (Å²) in [5.41, 5.74) is 2.55. The Hall–Kier alpha value is -2.43. The van der Waals surface area contributed by atoms with Gasteiger partial charge in [0, 0.05) is 42.7 Å². The normalized spacial score (nSPS) is 15.7. The second-order valence-corrected chi connectivity index (χ2v) is 6.04. The van der Waals surface area contributed by atoms with E-state index in [1.54, 1.807) is 7.05 Å². The molecule has 1 fully saturated rings. The van der Waals surface area contributed by atoms with Gasteiger partial charge in [0.25, 0.3) is 5.91 Å². The summed E-state index contributed by atoms with van der Waals surface area (Å²) in [6.45, 7) is 3.21. The predicted molar refractivity (Wildman–Crippen MR) is 89.2 cm³/mol. The van der Waals surface area contributed by atoms with E-state index in [1.165, 1.54) is 0 Å². The third kappa shape index (κ3) is 3.18. The molecule has 0 saturated carbocycles. The summed E-state index contributed by atoms with van der Waals surface area (Å²) < 4.78 is 0. The van der Waals surface area contributed by atoms with Crippen molar-refractivity contribution in [2.24, 2.45) is 5.92 Å². The number of piperidine rings is 1. The third-order valence-electron chi connectivity index (χ3n) is 4.47. The van der Waals surface area contributed by atoms with Crippen LogP contribution in [0.2, 0.25) is 0 Å². The molecule has 2 amide bonds. The first kappa shape index (κ1) is 15.5. The van der Waals surface area contributed by atoms with Crippen LogP contribution in [-0.4, -0.2) is 41.8 Å². The Morgan fingerprint density at radius 2 is 1.91 bits per heavy atom. The van der Waals surface area contributed by atoms with Crippen LogP contribution in [0.15, 0.2) is 30.3 Å². The molecule has 23 heavy (non-hydrogen) atoms. The number of carbonyl (C=O) groups is 2. The number of rotatable bonds is 2. The van der Waals surface area contributed by atoms with Crippen molar-refractivity contribution >= 4 is 22.7 Å². The first-order valence-electron chi connectivity index (χ1n) is 7.97. The summed E-state index contributed by atoms with van der Waals surface area (Å²) in [5, 5.41) is 3.66. The summed E-state index contributed by atoms with van der Waals surface area (Å²) >= 11 is 0. The summed E-state index contributed by atoms with van der Waals surface area (Å²) in [6.07, 6.45) is 1.44. The van der Waals surface area contributed by atoms with E-state index in [1.807, 2.05) is 42.2 Å². The van der Waals surface area contributed by atoms with Gasteiger partial charge in [-0.05, 0) is 44.0 Å². The molecule has 1 N–H and O–H groups in total. The van der Waals surface area contributed by atoms with Crippen LogP contribution in [0, 0.1) is 12.8 Å². The van der Waals surface area contributed by atoms with Crippen molar-refractivity contribution in [2.75, 3.05) is 20.1 Å². The van der Waals surface area contributed by atoms with Gasteiger partial charge >= 0.3 is 0 Å². The molecule has 0 aliphatic carbocycles. The molecule has 0 atom stereocenters. The van der Waals surface area contributed by atoms with Crippen LogP contribution >= 0.6 is 0 Å². The van der Waals surface area contributed by atoms with Gasteiger partial charge in [0.2, 0.25) is 5.91 Å². The van der Waals surface area contributed by atoms with Crippen molar-refractivity contribution in [3.8, 4) is 0 Å². The highest BCUT2D eigenvalue weighted by molar-refractivity contribution is 5.98. The number of fused-ring (bicyclic) bond motifs is 1. The van der Waals surface area contributed by atoms with Crippen LogP contribution in [0.1, 0.15) is 28.9 Å². The highest BCUT2D eigenvalue weighted by Crippen LogP contribution is 2.21. The lowest BCUT2D eigenvalue weighted by Crippen LogP contribution is -2.42. The highest BCUT2D eigenvalue weighted by atomic mass is 16.2. The zero-order chi connectivity index (χ0) is 16.4. The van der Waals surface area contributed by atoms with E-state index in [9.17, 15) is 9.59 Å². The Kier molecular flexibility index (Phi) is 4.28. The fraction of sp³-hybridized carbons (Fsp3) is 0.389. The molecule has 0 bridgehead atoms. The van der Waals surface area contributed by atoms with Crippen LogP contribution < -0.4 is 5.32 Å². The Labute approximate surface area is 135 Å². The molecule has 1 aliphatic heterocycles. The van der Waals surface area contributed by atoms with Crippen molar-refractivity contribution in [1.29, 1.82) is 0 Å². The lowest BCUT2D eigenvalue weighted by atomic mass is 9.95. The van der Waals surface area contributed by atoms with Gasteiger partial charge in [-0.3, -0.25) is 14.6 Å². The van der Waals surface area contributed by atoms with Gasteiger partial charge in [0.15, 0.2) is 0 Å². The lowest BCUT2D eigenvalue weighted by molar-refractivity contribution is -0.125. The summed E-state index contributed by atoms with van der Waals surface area (Å²) in [6, 6.07) is 9.57. The van der Waals surface area contributed by atoms with E-state index >= 15 is 0 Å². The molecular weight excluding hydrogens is 290 g/mol. The Morgan fingerprint density at radius 1 is 1.17 bits per heavy atom. The zero-order valence-corrected chi connectivity index (χ0v) is 13.5. The van der Waals surface area contributed by atoms with Gasteiger partial charge in [0.05, 0.1) is 5.52 Å². The number of likely N-dealkylation sites (tertiary alicyclic amines) is 1. The number of carbonyl (C=O) groups excluding carboxylic acids is 2. The number of aryl methyl sites for hydroxylation is 1. The number of nitrogens with one attached hydrogen (secondary N) is 1. The maximum absolute atomic E-state index is 12.7. The SMILES string of the molecule is CNC(=O)C1CCN(C(=O)c2ccc3nc(C)ccc3c2)CC1. The van der Waals surface area contributed by atoms with Crippen molar-refractivity contribution in [3.05, 3.63) is 41.6 Å². The quantitative estimate of drug-likeness (QED) is 0.924. The van der Waals surface area contributed by atoms with Crippen molar-refractivity contribution in [1.82, 2.24) is 15.2 Å². The molecule has 1 saturated heterocycles. The van der Waals surface area contributed by atoms with Crippen LogP contribution in [0.4, 0.5) is 0 Å². The molecule has 5 nitrogen and oxygen atoms in total. The van der Waals surface area contributed by atoms with Crippen molar-refractivity contribution in [2.45, 2.75) is 19.8 Å². The van der Waals surface area contributed by atoms with Crippen LogP contribution in [0.5, 0.6) is 0 Å². The lowest BCUT2D eigenvalue weighted by Gasteiger charge is -2.31. The van der Waals surface area contributed by atoms with Crippen molar-refractivity contribution < 1.29 is 9.59 Å². The molecule has 2 aromatic rings. The molecule has 1 aliphatic rings. The molecule has 120 valence electrons. The highest BCUT2D eigenvalue weighted by Gasteiger charge is 2.27. The molecule has 3 rings (SSSR count). The van der Waals surface area contributed by atoms with E-state index < -0.39 is 0 Å². The van der Waals surface area contributed by atoms with Crippen LogP contribution in [0.3, 0.4) is 0 Å². The van der Waals surface area contributed by atoms with Gasteiger partial charge < -0.3 is 10.2 Å². The molecule has 1 aromatic carbocycles. The van der Waals surface area contributed by atoms with E-state index in [2.05, 4.69) is 10.3 Å². The molecule has 0 unspecified atom stereocenters. The van der Waals surface area contributed by atoms with Gasteiger partial charge in [-0.15, -0.1) is 0 Å².